The number of nitrogens with zero attached hydrogens (tertiary/aromatic N) is 3. The van der Waals surface area contributed by atoms with Gasteiger partial charge in [-0.25, -0.2) is 36.4 Å². The van der Waals surface area contributed by atoms with Crippen LogP contribution in [0.15, 0.2) is 64.5 Å². The van der Waals surface area contributed by atoms with Crippen LogP contribution in [-0.4, -0.2) is 45.1 Å². The van der Waals surface area contributed by atoms with E-state index in [1.807, 2.05) is 19.1 Å². The highest BCUT2D eigenvalue weighted by molar-refractivity contribution is 7.92. The van der Waals surface area contributed by atoms with Gasteiger partial charge in [0.1, 0.15) is 0 Å². The van der Waals surface area contributed by atoms with E-state index in [9.17, 15) is 21.7 Å². The SMILES string of the molecule is CO[N+](=O)c1cccc(S(=O)(=O)Nc2nc(-c3ccccc3C)cc(S(C)(=O)=O)n2)c1. The van der Waals surface area contributed by atoms with Gasteiger partial charge in [-0.2, -0.15) is 0 Å². The van der Waals surface area contributed by atoms with E-state index in [0.717, 1.165) is 25.0 Å². The lowest BCUT2D eigenvalue weighted by Crippen LogP contribution is -2.17. The van der Waals surface area contributed by atoms with E-state index >= 15 is 0 Å². The molecule has 2 aromatic carbocycles. The Bertz CT molecular complexity index is 1370. The lowest BCUT2D eigenvalue weighted by atomic mass is 10.1. The first kappa shape index (κ1) is 22.3. The van der Waals surface area contributed by atoms with E-state index in [-0.39, 0.29) is 26.2 Å². The van der Waals surface area contributed by atoms with Crippen molar-refractivity contribution in [2.24, 2.45) is 0 Å². The van der Waals surface area contributed by atoms with Crippen LogP contribution in [0.2, 0.25) is 0 Å². The third-order valence-electron chi connectivity index (χ3n) is 4.23. The number of sulfonamides is 1. The van der Waals surface area contributed by atoms with Crippen molar-refractivity contribution in [2.45, 2.75) is 16.8 Å². The molecule has 3 rings (SSSR count). The number of aryl methyl sites for hydroxylation is 1. The van der Waals surface area contributed by atoms with Gasteiger partial charge >= 0.3 is 5.69 Å². The van der Waals surface area contributed by atoms with E-state index < -0.39 is 25.8 Å². The first-order valence-electron chi connectivity index (χ1n) is 8.80. The van der Waals surface area contributed by atoms with E-state index in [1.165, 1.54) is 24.3 Å². The van der Waals surface area contributed by atoms with Gasteiger partial charge in [0.05, 0.1) is 15.5 Å². The Morgan fingerprint density at radius 1 is 0.968 bits per heavy atom. The Kier molecular flexibility index (Phi) is 6.04. The largest absolute Gasteiger partial charge is 0.318 e. The van der Waals surface area contributed by atoms with E-state index in [1.54, 1.807) is 12.1 Å². The maximum atomic E-state index is 12.8. The van der Waals surface area contributed by atoms with Crippen LogP contribution in [0.4, 0.5) is 11.6 Å². The summed E-state index contributed by atoms with van der Waals surface area (Å²) in [7, 11) is -6.86. The lowest BCUT2D eigenvalue weighted by molar-refractivity contribution is -0.736. The van der Waals surface area contributed by atoms with E-state index in [2.05, 4.69) is 19.5 Å². The van der Waals surface area contributed by atoms with Crippen molar-refractivity contribution in [3.63, 3.8) is 0 Å². The minimum Gasteiger partial charge on any atom is -0.247 e. The molecular weight excluding hydrogens is 444 g/mol. The third kappa shape index (κ3) is 5.03. The number of aromatic nitrogens is 2. The molecule has 0 aliphatic rings. The quantitative estimate of drug-likeness (QED) is 0.417. The van der Waals surface area contributed by atoms with E-state index in [0.29, 0.717) is 5.56 Å². The van der Waals surface area contributed by atoms with Gasteiger partial charge in [-0.15, -0.1) is 0 Å². The fourth-order valence-electron chi connectivity index (χ4n) is 2.71. The van der Waals surface area contributed by atoms with Crippen LogP contribution in [0.3, 0.4) is 0 Å². The Labute approximate surface area is 179 Å². The highest BCUT2D eigenvalue weighted by atomic mass is 32.2. The average Bonchev–Trinajstić information content (AvgIpc) is 2.72. The van der Waals surface area contributed by atoms with Gasteiger partial charge in [-0.05, 0) is 18.6 Å². The second-order valence-electron chi connectivity index (χ2n) is 6.54. The molecule has 1 aromatic heterocycles. The summed E-state index contributed by atoms with van der Waals surface area (Å²) < 4.78 is 52.1. The fourth-order valence-corrected chi connectivity index (χ4v) is 4.27. The summed E-state index contributed by atoms with van der Waals surface area (Å²) >= 11 is 0. The number of anilines is 1. The molecule has 12 heteroatoms. The van der Waals surface area contributed by atoms with Crippen LogP contribution in [0, 0.1) is 11.8 Å². The molecule has 162 valence electrons. The van der Waals surface area contributed by atoms with Crippen LogP contribution in [0.1, 0.15) is 5.56 Å². The number of benzene rings is 2. The highest BCUT2D eigenvalue weighted by Crippen LogP contribution is 2.26. The number of hydrogen-bond acceptors (Lipinski definition) is 8. The summed E-state index contributed by atoms with van der Waals surface area (Å²) in [6.07, 6.45) is 0.965. The number of hydrogen-bond donors (Lipinski definition) is 1. The van der Waals surface area contributed by atoms with Crippen LogP contribution < -0.4 is 4.72 Å². The first-order chi connectivity index (χ1) is 14.5. The number of nitrogens with one attached hydrogen (secondary N) is 1. The summed E-state index contributed by atoms with van der Waals surface area (Å²) in [5.74, 6) is -0.419. The maximum absolute atomic E-state index is 12.8. The fraction of sp³-hybridized carbons (Fsp3) is 0.158. The molecule has 0 atom stereocenters. The summed E-state index contributed by atoms with van der Waals surface area (Å²) in [4.78, 5) is 24.1. The van der Waals surface area contributed by atoms with Crippen LogP contribution in [0.25, 0.3) is 11.3 Å². The van der Waals surface area contributed by atoms with Gasteiger partial charge in [0.25, 0.3) is 14.9 Å². The normalized spacial score (nSPS) is 11.7. The topological polar surface area (TPSA) is 135 Å². The molecule has 3 aromatic rings. The van der Waals surface area contributed by atoms with Gasteiger partial charge in [0.15, 0.2) is 22.0 Å². The third-order valence-corrected chi connectivity index (χ3v) is 6.53. The molecule has 31 heavy (non-hydrogen) atoms. The van der Waals surface area contributed by atoms with Gasteiger partial charge in [0.2, 0.25) is 5.95 Å². The van der Waals surface area contributed by atoms with E-state index in [4.69, 9.17) is 0 Å². The summed E-state index contributed by atoms with van der Waals surface area (Å²) in [6, 6.07) is 13.5. The minimum absolute atomic E-state index is 0.0446. The van der Waals surface area contributed by atoms with Crippen molar-refractivity contribution in [1.82, 2.24) is 9.97 Å². The number of sulfone groups is 1. The summed E-state index contributed by atoms with van der Waals surface area (Å²) in [5.41, 5.74) is 1.64. The van der Waals surface area contributed by atoms with Gasteiger partial charge in [0, 0.05) is 30.0 Å². The zero-order valence-electron chi connectivity index (χ0n) is 16.8. The molecule has 0 saturated carbocycles. The standard InChI is InChI=1S/C19H19N4O6S2/c1-13-7-4-5-10-16(13)17-12-18(30(3,25)26)21-19(20-17)22-31(27,28)15-9-6-8-14(11-15)23(24)29-2/h4-12H,1-3H3,(H,20,21,22)/q+1. The molecule has 0 amide bonds. The second-order valence-corrected chi connectivity index (χ2v) is 10.2. The Balaban J connectivity index is 2.09. The molecule has 0 aliphatic heterocycles. The monoisotopic (exact) mass is 463 g/mol. The molecule has 10 nitrogen and oxygen atoms in total. The predicted octanol–water partition coefficient (Wildman–Crippen LogP) is 2.63. The van der Waals surface area contributed by atoms with Crippen molar-refractivity contribution in [3.8, 4) is 11.3 Å². The van der Waals surface area contributed by atoms with Gasteiger partial charge in [-0.3, -0.25) is 0 Å². The minimum atomic E-state index is -4.24. The second kappa shape index (κ2) is 8.40. The smallest absolute Gasteiger partial charge is 0.247 e. The van der Waals surface area contributed by atoms with Gasteiger partial charge < -0.3 is 0 Å². The number of rotatable bonds is 7. The maximum Gasteiger partial charge on any atom is 0.318 e. The van der Waals surface area contributed by atoms with Crippen LogP contribution in [-0.2, 0) is 24.7 Å². The van der Waals surface area contributed by atoms with Crippen molar-refractivity contribution in [1.29, 1.82) is 0 Å². The zero-order chi connectivity index (χ0) is 22.8. The molecule has 0 saturated heterocycles. The molecule has 1 heterocycles. The molecule has 0 unspecified atom stereocenters. The molecule has 0 aliphatic carbocycles. The van der Waals surface area contributed by atoms with Crippen molar-refractivity contribution in [2.75, 3.05) is 18.1 Å². The summed E-state index contributed by atoms with van der Waals surface area (Å²) in [5, 5.41) is -0.336. The van der Waals surface area contributed by atoms with Crippen molar-refractivity contribution < 1.29 is 26.6 Å². The highest BCUT2D eigenvalue weighted by Gasteiger charge is 2.23. The van der Waals surface area contributed by atoms with Gasteiger partial charge in [-0.1, -0.05) is 30.3 Å². The Morgan fingerprint density at radius 2 is 1.68 bits per heavy atom. The van der Waals surface area contributed by atoms with Crippen molar-refractivity contribution in [3.05, 3.63) is 65.1 Å². The van der Waals surface area contributed by atoms with Crippen LogP contribution >= 0.6 is 0 Å². The molecule has 0 spiro atoms. The Morgan fingerprint density at radius 3 is 2.32 bits per heavy atom. The van der Waals surface area contributed by atoms with Crippen molar-refractivity contribution >= 4 is 31.5 Å². The lowest BCUT2D eigenvalue weighted by Gasteiger charge is -2.11. The predicted molar refractivity (Wildman–Crippen MR) is 113 cm³/mol. The first-order valence-corrected chi connectivity index (χ1v) is 12.2. The molecule has 0 bridgehead atoms. The molecule has 0 fully saturated rings. The molecule has 0 radical (unpaired) electrons. The summed E-state index contributed by atoms with van der Waals surface area (Å²) in [6.45, 7) is 1.82. The Hall–Kier alpha value is -3.38. The zero-order valence-corrected chi connectivity index (χ0v) is 18.4. The van der Waals surface area contributed by atoms with Crippen LogP contribution in [0.5, 0.6) is 0 Å². The molecule has 1 N–H and O–H groups in total. The molecular formula is C19H19N4O6S2+. The average molecular weight is 464 g/mol.